The molecule has 110 valence electrons. The summed E-state index contributed by atoms with van der Waals surface area (Å²) in [5.41, 5.74) is 1.42. The molecule has 0 aliphatic heterocycles. The van der Waals surface area contributed by atoms with Gasteiger partial charge < -0.3 is 4.74 Å². The summed E-state index contributed by atoms with van der Waals surface area (Å²) in [6.45, 7) is 1.79. The van der Waals surface area contributed by atoms with Gasteiger partial charge in [-0.1, -0.05) is 31.9 Å². The SMILES string of the molecule is CCCC1CCC(c2ccc(O/C=C/CF)cc2)CC1. The summed E-state index contributed by atoms with van der Waals surface area (Å²) < 4.78 is 17.2. The number of rotatable bonds is 6. The monoisotopic (exact) mass is 276 g/mol. The lowest BCUT2D eigenvalue weighted by atomic mass is 9.77. The molecule has 0 bridgehead atoms. The van der Waals surface area contributed by atoms with Gasteiger partial charge in [0.05, 0.1) is 6.26 Å². The van der Waals surface area contributed by atoms with E-state index in [0.29, 0.717) is 5.92 Å². The zero-order valence-electron chi connectivity index (χ0n) is 12.4. The van der Waals surface area contributed by atoms with Crippen molar-refractivity contribution >= 4 is 0 Å². The molecule has 1 aliphatic carbocycles. The normalized spacial score (nSPS) is 23.1. The number of halogens is 1. The van der Waals surface area contributed by atoms with E-state index >= 15 is 0 Å². The van der Waals surface area contributed by atoms with Crippen molar-refractivity contribution in [1.82, 2.24) is 0 Å². The van der Waals surface area contributed by atoms with Gasteiger partial charge in [0.2, 0.25) is 0 Å². The van der Waals surface area contributed by atoms with Crippen LogP contribution in [0.1, 0.15) is 56.9 Å². The Morgan fingerprint density at radius 2 is 1.85 bits per heavy atom. The maximum Gasteiger partial charge on any atom is 0.126 e. The fourth-order valence-corrected chi connectivity index (χ4v) is 3.17. The highest BCUT2D eigenvalue weighted by atomic mass is 19.1. The van der Waals surface area contributed by atoms with E-state index in [2.05, 4.69) is 19.1 Å². The summed E-state index contributed by atoms with van der Waals surface area (Å²) in [5.74, 6) is 2.43. The number of benzene rings is 1. The average Bonchev–Trinajstić information content (AvgIpc) is 2.49. The molecule has 0 atom stereocenters. The van der Waals surface area contributed by atoms with Crippen LogP contribution in [0.15, 0.2) is 36.6 Å². The van der Waals surface area contributed by atoms with E-state index in [1.165, 1.54) is 56.4 Å². The Morgan fingerprint density at radius 1 is 1.15 bits per heavy atom. The molecule has 1 aliphatic rings. The van der Waals surface area contributed by atoms with Crippen molar-refractivity contribution < 1.29 is 9.13 Å². The number of hydrogen-bond acceptors (Lipinski definition) is 1. The van der Waals surface area contributed by atoms with Crippen LogP contribution in [-0.4, -0.2) is 6.67 Å². The lowest BCUT2D eigenvalue weighted by molar-refractivity contribution is 0.308. The van der Waals surface area contributed by atoms with E-state index in [4.69, 9.17) is 4.74 Å². The second kappa shape index (κ2) is 8.08. The summed E-state index contributed by atoms with van der Waals surface area (Å²) >= 11 is 0. The molecule has 0 aromatic heterocycles. The minimum absolute atomic E-state index is 0.487. The highest BCUT2D eigenvalue weighted by Gasteiger charge is 2.21. The Morgan fingerprint density at radius 3 is 2.45 bits per heavy atom. The molecule has 1 aromatic rings. The minimum atomic E-state index is -0.487. The van der Waals surface area contributed by atoms with Crippen molar-refractivity contribution in [3.8, 4) is 5.75 Å². The molecular formula is C18H25FO. The Balaban J connectivity index is 1.86. The number of hydrogen-bond donors (Lipinski definition) is 0. The van der Waals surface area contributed by atoms with Gasteiger partial charge in [-0.3, -0.25) is 0 Å². The quantitative estimate of drug-likeness (QED) is 0.612. The zero-order valence-corrected chi connectivity index (χ0v) is 12.4. The smallest absolute Gasteiger partial charge is 0.126 e. The fourth-order valence-electron chi connectivity index (χ4n) is 3.17. The lowest BCUT2D eigenvalue weighted by Gasteiger charge is -2.28. The fraction of sp³-hybridized carbons (Fsp3) is 0.556. The standard InChI is InChI=1S/C18H25FO/c1-2-4-15-5-7-16(8-6-15)17-9-11-18(12-10-17)20-14-3-13-19/h3,9-12,14-16H,2,4-8,13H2,1H3/b14-3+. The third-order valence-electron chi connectivity index (χ3n) is 4.28. The molecule has 1 nitrogen and oxygen atoms in total. The van der Waals surface area contributed by atoms with E-state index in [1.807, 2.05) is 12.1 Å². The van der Waals surface area contributed by atoms with E-state index in [0.717, 1.165) is 11.7 Å². The first-order valence-corrected chi connectivity index (χ1v) is 7.81. The van der Waals surface area contributed by atoms with Gasteiger partial charge in [0, 0.05) is 0 Å². The Labute approximate surface area is 121 Å². The summed E-state index contributed by atoms with van der Waals surface area (Å²) in [7, 11) is 0. The van der Waals surface area contributed by atoms with Crippen LogP contribution in [0.3, 0.4) is 0 Å². The maximum absolute atomic E-state index is 11.9. The van der Waals surface area contributed by atoms with Gasteiger partial charge in [0.1, 0.15) is 12.4 Å². The molecule has 0 N–H and O–H groups in total. The summed E-state index contributed by atoms with van der Waals surface area (Å²) in [6.07, 6.45) is 10.8. The molecule has 2 heteroatoms. The molecule has 0 radical (unpaired) electrons. The molecular weight excluding hydrogens is 251 g/mol. The van der Waals surface area contributed by atoms with Crippen LogP contribution in [0.4, 0.5) is 4.39 Å². The molecule has 1 fully saturated rings. The third kappa shape index (κ3) is 4.36. The van der Waals surface area contributed by atoms with Crippen LogP contribution in [-0.2, 0) is 0 Å². The number of alkyl halides is 1. The van der Waals surface area contributed by atoms with Crippen molar-refractivity contribution in [3.63, 3.8) is 0 Å². The topological polar surface area (TPSA) is 9.23 Å². The van der Waals surface area contributed by atoms with Crippen LogP contribution in [0.2, 0.25) is 0 Å². The summed E-state index contributed by atoms with van der Waals surface area (Å²) in [4.78, 5) is 0. The van der Waals surface area contributed by atoms with Crippen LogP contribution in [0, 0.1) is 5.92 Å². The third-order valence-corrected chi connectivity index (χ3v) is 4.28. The molecule has 0 unspecified atom stereocenters. The predicted molar refractivity (Wildman–Crippen MR) is 81.8 cm³/mol. The van der Waals surface area contributed by atoms with Crippen molar-refractivity contribution in [2.24, 2.45) is 5.92 Å². The second-order valence-corrected chi connectivity index (χ2v) is 5.72. The summed E-state index contributed by atoms with van der Waals surface area (Å²) in [5, 5.41) is 0. The first kappa shape index (κ1) is 15.1. The Bertz CT molecular complexity index is 402. The van der Waals surface area contributed by atoms with Crippen LogP contribution < -0.4 is 4.74 Å². The molecule has 0 saturated heterocycles. The van der Waals surface area contributed by atoms with E-state index in [-0.39, 0.29) is 0 Å². The van der Waals surface area contributed by atoms with E-state index in [1.54, 1.807) is 0 Å². The van der Waals surface area contributed by atoms with Crippen LogP contribution in [0.25, 0.3) is 0 Å². The van der Waals surface area contributed by atoms with Gasteiger partial charge in [-0.05, 0) is 61.3 Å². The maximum atomic E-state index is 11.9. The van der Waals surface area contributed by atoms with Crippen molar-refractivity contribution in [2.45, 2.75) is 51.4 Å². The van der Waals surface area contributed by atoms with Crippen molar-refractivity contribution in [1.29, 1.82) is 0 Å². The molecule has 1 aromatic carbocycles. The van der Waals surface area contributed by atoms with Gasteiger partial charge in [-0.2, -0.15) is 0 Å². The van der Waals surface area contributed by atoms with Crippen LogP contribution in [0.5, 0.6) is 5.75 Å². The Kier molecular flexibility index (Phi) is 6.10. The van der Waals surface area contributed by atoms with Gasteiger partial charge in [0.15, 0.2) is 0 Å². The van der Waals surface area contributed by atoms with Gasteiger partial charge in [0.25, 0.3) is 0 Å². The minimum Gasteiger partial charge on any atom is -0.465 e. The van der Waals surface area contributed by atoms with Gasteiger partial charge >= 0.3 is 0 Å². The molecule has 0 heterocycles. The van der Waals surface area contributed by atoms with Crippen LogP contribution >= 0.6 is 0 Å². The Hall–Kier alpha value is -1.31. The van der Waals surface area contributed by atoms with E-state index < -0.39 is 6.67 Å². The largest absolute Gasteiger partial charge is 0.465 e. The molecule has 2 rings (SSSR count). The highest BCUT2D eigenvalue weighted by Crippen LogP contribution is 2.37. The number of ether oxygens (including phenoxy) is 1. The van der Waals surface area contributed by atoms with Gasteiger partial charge in [-0.15, -0.1) is 0 Å². The summed E-state index contributed by atoms with van der Waals surface area (Å²) in [6, 6.07) is 8.28. The molecule has 0 spiro atoms. The molecule has 0 amide bonds. The van der Waals surface area contributed by atoms with E-state index in [9.17, 15) is 4.39 Å². The molecule has 20 heavy (non-hydrogen) atoms. The number of allylic oxidation sites excluding steroid dienone is 1. The second-order valence-electron chi connectivity index (χ2n) is 5.72. The van der Waals surface area contributed by atoms with Crippen molar-refractivity contribution in [2.75, 3.05) is 6.67 Å². The van der Waals surface area contributed by atoms with Crippen molar-refractivity contribution in [3.05, 3.63) is 42.2 Å². The highest BCUT2D eigenvalue weighted by molar-refractivity contribution is 5.30. The molecule has 1 saturated carbocycles. The predicted octanol–water partition coefficient (Wildman–Crippen LogP) is 5.62. The average molecular weight is 276 g/mol. The first-order valence-electron chi connectivity index (χ1n) is 7.81. The zero-order chi connectivity index (χ0) is 14.2. The first-order chi connectivity index (χ1) is 9.83. The lowest BCUT2D eigenvalue weighted by Crippen LogP contribution is -2.13. The van der Waals surface area contributed by atoms with Gasteiger partial charge in [-0.25, -0.2) is 4.39 Å².